The Morgan fingerprint density at radius 3 is 2.58 bits per heavy atom. The van der Waals surface area contributed by atoms with Crippen molar-refractivity contribution in [2.45, 2.75) is 19.3 Å². The van der Waals surface area contributed by atoms with Gasteiger partial charge in [0.15, 0.2) is 0 Å². The third kappa shape index (κ3) is 3.55. The standard InChI is InChI=1S/C14H15ClN2OS/c1-10-16-13(9-19-10)8-17(2)14(18)12-5-3-11(7-15)4-6-12/h3-6,9H,7-8H2,1-2H3. The maximum Gasteiger partial charge on any atom is 0.253 e. The number of rotatable bonds is 4. The van der Waals surface area contributed by atoms with Gasteiger partial charge < -0.3 is 4.90 Å². The molecular weight excluding hydrogens is 280 g/mol. The zero-order valence-corrected chi connectivity index (χ0v) is 12.5. The molecule has 0 aliphatic rings. The molecule has 0 N–H and O–H groups in total. The van der Waals surface area contributed by atoms with E-state index in [1.165, 1.54) is 0 Å². The molecule has 1 aromatic carbocycles. The molecule has 0 saturated carbocycles. The Morgan fingerprint density at radius 1 is 1.37 bits per heavy atom. The van der Waals surface area contributed by atoms with Crippen LogP contribution in [0, 0.1) is 6.92 Å². The molecule has 1 amide bonds. The first-order valence-corrected chi connectivity index (χ1v) is 7.33. The molecule has 1 aromatic heterocycles. The number of halogens is 1. The number of carbonyl (C=O) groups is 1. The molecule has 1 heterocycles. The molecule has 0 aliphatic carbocycles. The minimum Gasteiger partial charge on any atom is -0.336 e. The summed E-state index contributed by atoms with van der Waals surface area (Å²) in [4.78, 5) is 18.3. The van der Waals surface area contributed by atoms with E-state index in [0.29, 0.717) is 18.0 Å². The van der Waals surface area contributed by atoms with Crippen molar-refractivity contribution in [3.63, 3.8) is 0 Å². The predicted octanol–water partition coefficient (Wildman–Crippen LogP) is 3.46. The van der Waals surface area contributed by atoms with Crippen LogP contribution < -0.4 is 0 Å². The van der Waals surface area contributed by atoms with Gasteiger partial charge in [0.2, 0.25) is 0 Å². The molecule has 0 unspecified atom stereocenters. The highest BCUT2D eigenvalue weighted by Crippen LogP contribution is 2.13. The quantitative estimate of drug-likeness (QED) is 0.809. The second-order valence-electron chi connectivity index (χ2n) is 4.35. The number of benzene rings is 1. The average molecular weight is 295 g/mol. The van der Waals surface area contributed by atoms with E-state index in [1.54, 1.807) is 23.3 Å². The smallest absolute Gasteiger partial charge is 0.253 e. The summed E-state index contributed by atoms with van der Waals surface area (Å²) in [6, 6.07) is 7.37. The molecule has 2 aromatic rings. The highest BCUT2D eigenvalue weighted by Gasteiger charge is 2.13. The lowest BCUT2D eigenvalue weighted by molar-refractivity contribution is 0.0783. The van der Waals surface area contributed by atoms with Crippen molar-refractivity contribution in [1.82, 2.24) is 9.88 Å². The summed E-state index contributed by atoms with van der Waals surface area (Å²) in [6.45, 7) is 2.49. The minimum absolute atomic E-state index is 0.00762. The summed E-state index contributed by atoms with van der Waals surface area (Å²) < 4.78 is 0. The maximum absolute atomic E-state index is 12.2. The Bertz CT molecular complexity index is 565. The number of carbonyl (C=O) groups excluding carboxylic acids is 1. The second-order valence-corrected chi connectivity index (χ2v) is 5.68. The van der Waals surface area contributed by atoms with E-state index < -0.39 is 0 Å². The van der Waals surface area contributed by atoms with E-state index in [0.717, 1.165) is 16.3 Å². The molecular formula is C14H15ClN2OS. The van der Waals surface area contributed by atoms with Crippen LogP contribution in [0.25, 0.3) is 0 Å². The zero-order valence-electron chi connectivity index (χ0n) is 10.9. The van der Waals surface area contributed by atoms with Crippen LogP contribution >= 0.6 is 22.9 Å². The van der Waals surface area contributed by atoms with E-state index >= 15 is 0 Å². The van der Waals surface area contributed by atoms with Crippen molar-refractivity contribution >= 4 is 28.8 Å². The fourth-order valence-corrected chi connectivity index (χ4v) is 2.53. The largest absolute Gasteiger partial charge is 0.336 e. The molecule has 0 saturated heterocycles. The summed E-state index contributed by atoms with van der Waals surface area (Å²) in [5.41, 5.74) is 2.61. The van der Waals surface area contributed by atoms with Crippen molar-refractivity contribution in [3.8, 4) is 0 Å². The van der Waals surface area contributed by atoms with Crippen LogP contribution in [0.15, 0.2) is 29.6 Å². The van der Waals surface area contributed by atoms with E-state index in [4.69, 9.17) is 11.6 Å². The number of alkyl halides is 1. The Balaban J connectivity index is 2.05. The van der Waals surface area contributed by atoms with Gasteiger partial charge in [0.1, 0.15) is 0 Å². The maximum atomic E-state index is 12.2. The molecule has 0 fully saturated rings. The fourth-order valence-electron chi connectivity index (χ4n) is 1.75. The predicted molar refractivity (Wildman–Crippen MR) is 78.6 cm³/mol. The number of aromatic nitrogens is 1. The molecule has 19 heavy (non-hydrogen) atoms. The number of hydrogen-bond donors (Lipinski definition) is 0. The average Bonchev–Trinajstić information content (AvgIpc) is 2.83. The molecule has 2 rings (SSSR count). The van der Waals surface area contributed by atoms with Crippen LogP contribution in [-0.2, 0) is 12.4 Å². The lowest BCUT2D eigenvalue weighted by Crippen LogP contribution is -2.26. The zero-order chi connectivity index (χ0) is 13.8. The second kappa shape index (κ2) is 6.17. The highest BCUT2D eigenvalue weighted by molar-refractivity contribution is 7.09. The van der Waals surface area contributed by atoms with Crippen molar-refractivity contribution in [1.29, 1.82) is 0 Å². The van der Waals surface area contributed by atoms with Crippen molar-refractivity contribution in [3.05, 3.63) is 51.5 Å². The van der Waals surface area contributed by atoms with Gasteiger partial charge in [-0.25, -0.2) is 4.98 Å². The Kier molecular flexibility index (Phi) is 4.56. The summed E-state index contributed by atoms with van der Waals surface area (Å²) in [5, 5.41) is 3.00. The van der Waals surface area contributed by atoms with Gasteiger partial charge in [-0.05, 0) is 24.6 Å². The Hall–Kier alpha value is -1.39. The number of hydrogen-bond acceptors (Lipinski definition) is 3. The highest BCUT2D eigenvalue weighted by atomic mass is 35.5. The molecule has 0 atom stereocenters. The van der Waals surface area contributed by atoms with Gasteiger partial charge in [-0.3, -0.25) is 4.79 Å². The van der Waals surface area contributed by atoms with Crippen LogP contribution in [-0.4, -0.2) is 22.8 Å². The van der Waals surface area contributed by atoms with Crippen molar-refractivity contribution in [2.75, 3.05) is 7.05 Å². The van der Waals surface area contributed by atoms with Crippen LogP contribution in [0.2, 0.25) is 0 Å². The van der Waals surface area contributed by atoms with Gasteiger partial charge in [0, 0.05) is 23.9 Å². The van der Waals surface area contributed by atoms with Gasteiger partial charge in [0.05, 0.1) is 17.2 Å². The molecule has 0 bridgehead atoms. The SMILES string of the molecule is Cc1nc(CN(C)C(=O)c2ccc(CCl)cc2)cs1. The lowest BCUT2D eigenvalue weighted by Gasteiger charge is -2.16. The van der Waals surface area contributed by atoms with Crippen molar-refractivity contribution in [2.24, 2.45) is 0 Å². The van der Waals surface area contributed by atoms with E-state index in [9.17, 15) is 4.79 Å². The topological polar surface area (TPSA) is 33.2 Å². The lowest BCUT2D eigenvalue weighted by atomic mass is 10.1. The van der Waals surface area contributed by atoms with Crippen LogP contribution in [0.1, 0.15) is 26.6 Å². The molecule has 0 spiro atoms. The molecule has 5 heteroatoms. The Morgan fingerprint density at radius 2 is 2.05 bits per heavy atom. The number of thiazole rings is 1. The first-order chi connectivity index (χ1) is 9.10. The molecule has 0 radical (unpaired) electrons. The summed E-state index contributed by atoms with van der Waals surface area (Å²) in [5.74, 6) is 0.453. The van der Waals surface area contributed by atoms with Crippen LogP contribution in [0.5, 0.6) is 0 Å². The van der Waals surface area contributed by atoms with Gasteiger partial charge in [-0.2, -0.15) is 0 Å². The summed E-state index contributed by atoms with van der Waals surface area (Å²) in [7, 11) is 1.78. The number of aryl methyl sites for hydroxylation is 1. The van der Waals surface area contributed by atoms with Gasteiger partial charge >= 0.3 is 0 Å². The van der Waals surface area contributed by atoms with Crippen LogP contribution in [0.4, 0.5) is 0 Å². The molecule has 100 valence electrons. The third-order valence-electron chi connectivity index (χ3n) is 2.77. The summed E-state index contributed by atoms with van der Waals surface area (Å²) in [6.07, 6.45) is 0. The third-order valence-corrected chi connectivity index (χ3v) is 3.90. The fraction of sp³-hybridized carbons (Fsp3) is 0.286. The minimum atomic E-state index is -0.00762. The van der Waals surface area contributed by atoms with E-state index in [-0.39, 0.29) is 5.91 Å². The molecule has 3 nitrogen and oxygen atoms in total. The Labute approximate surface area is 121 Å². The van der Waals surface area contributed by atoms with E-state index in [1.807, 2.05) is 36.6 Å². The number of amides is 1. The van der Waals surface area contributed by atoms with E-state index in [2.05, 4.69) is 4.98 Å². The first kappa shape index (κ1) is 14.0. The first-order valence-electron chi connectivity index (χ1n) is 5.91. The van der Waals surface area contributed by atoms with Gasteiger partial charge in [0.25, 0.3) is 5.91 Å². The van der Waals surface area contributed by atoms with Crippen LogP contribution in [0.3, 0.4) is 0 Å². The van der Waals surface area contributed by atoms with Crippen molar-refractivity contribution < 1.29 is 4.79 Å². The van der Waals surface area contributed by atoms with Gasteiger partial charge in [-0.15, -0.1) is 22.9 Å². The monoisotopic (exact) mass is 294 g/mol. The normalized spacial score (nSPS) is 10.5. The van der Waals surface area contributed by atoms with Gasteiger partial charge in [-0.1, -0.05) is 12.1 Å². The summed E-state index contributed by atoms with van der Waals surface area (Å²) >= 11 is 7.32. The molecule has 0 aliphatic heterocycles. The number of nitrogens with zero attached hydrogens (tertiary/aromatic N) is 2.